The first-order valence-corrected chi connectivity index (χ1v) is 10.8. The van der Waals surface area contributed by atoms with Crippen LogP contribution in [-0.4, -0.2) is 56.3 Å². The Morgan fingerprint density at radius 3 is 2.31 bits per heavy atom. The van der Waals surface area contributed by atoms with Gasteiger partial charge in [-0.15, -0.1) is 0 Å². The molecule has 7 heteroatoms. The molecule has 26 heavy (non-hydrogen) atoms. The van der Waals surface area contributed by atoms with Crippen LogP contribution in [0.5, 0.6) is 5.75 Å². The molecule has 2 rings (SSSR count). The smallest absolute Gasteiger partial charge is 0.243 e. The van der Waals surface area contributed by atoms with E-state index in [2.05, 4.69) is 0 Å². The summed E-state index contributed by atoms with van der Waals surface area (Å²) in [6, 6.07) is 4.97. The molecule has 1 aromatic rings. The van der Waals surface area contributed by atoms with Crippen LogP contribution in [0.25, 0.3) is 0 Å². The molecule has 1 aliphatic rings. The summed E-state index contributed by atoms with van der Waals surface area (Å²) in [6.07, 6.45) is 1.15. The zero-order valence-electron chi connectivity index (χ0n) is 16.2. The molecule has 0 N–H and O–H groups in total. The monoisotopic (exact) mass is 382 g/mol. The van der Waals surface area contributed by atoms with E-state index in [1.165, 1.54) is 4.31 Å². The van der Waals surface area contributed by atoms with Gasteiger partial charge in [0.25, 0.3) is 0 Å². The standard InChI is InChI=1S/C19H30N2O4S/c1-5-20(6-2)19(22)16-10-12-21(13-11-16)26(23,24)17-8-9-18(25-7-3)15(4)14-17/h8-9,14,16H,5-7,10-13H2,1-4H3. The van der Waals surface area contributed by atoms with Gasteiger partial charge in [0.1, 0.15) is 5.75 Å². The molecule has 0 aromatic heterocycles. The first-order chi connectivity index (χ1) is 12.3. The molecule has 6 nitrogen and oxygen atoms in total. The van der Waals surface area contributed by atoms with Crippen molar-refractivity contribution in [3.05, 3.63) is 23.8 Å². The highest BCUT2D eigenvalue weighted by molar-refractivity contribution is 7.89. The number of benzene rings is 1. The van der Waals surface area contributed by atoms with Gasteiger partial charge in [-0.3, -0.25) is 4.79 Å². The van der Waals surface area contributed by atoms with E-state index in [9.17, 15) is 13.2 Å². The Morgan fingerprint density at radius 1 is 1.19 bits per heavy atom. The Kier molecular flexibility index (Phi) is 7.06. The Morgan fingerprint density at radius 2 is 1.81 bits per heavy atom. The Hall–Kier alpha value is -1.60. The van der Waals surface area contributed by atoms with E-state index in [1.54, 1.807) is 18.2 Å². The Labute approximate surface area is 157 Å². The lowest BCUT2D eigenvalue weighted by molar-refractivity contribution is -0.136. The van der Waals surface area contributed by atoms with Crippen molar-refractivity contribution in [1.82, 2.24) is 9.21 Å². The number of carbonyl (C=O) groups excluding carboxylic acids is 1. The number of aryl methyl sites for hydroxylation is 1. The van der Waals surface area contributed by atoms with Crippen LogP contribution in [0.3, 0.4) is 0 Å². The number of hydrogen-bond donors (Lipinski definition) is 0. The fourth-order valence-corrected chi connectivity index (χ4v) is 4.94. The number of ether oxygens (including phenoxy) is 1. The van der Waals surface area contributed by atoms with E-state index in [4.69, 9.17) is 4.74 Å². The van der Waals surface area contributed by atoms with Gasteiger partial charge >= 0.3 is 0 Å². The zero-order chi connectivity index (χ0) is 19.3. The molecule has 0 aliphatic carbocycles. The minimum Gasteiger partial charge on any atom is -0.494 e. The largest absolute Gasteiger partial charge is 0.494 e. The lowest BCUT2D eigenvalue weighted by Crippen LogP contribution is -2.44. The van der Waals surface area contributed by atoms with Crippen molar-refractivity contribution >= 4 is 15.9 Å². The number of sulfonamides is 1. The lowest BCUT2D eigenvalue weighted by Gasteiger charge is -2.33. The number of hydrogen-bond acceptors (Lipinski definition) is 4. The van der Waals surface area contributed by atoms with Gasteiger partial charge in [-0.05, 0) is 64.3 Å². The summed E-state index contributed by atoms with van der Waals surface area (Å²) in [5.41, 5.74) is 0.805. The van der Waals surface area contributed by atoms with Crippen molar-refractivity contribution < 1.29 is 17.9 Å². The van der Waals surface area contributed by atoms with Gasteiger partial charge in [0.2, 0.25) is 15.9 Å². The third-order valence-corrected chi connectivity index (χ3v) is 6.86. The molecule has 0 atom stereocenters. The summed E-state index contributed by atoms with van der Waals surface area (Å²) in [4.78, 5) is 14.6. The number of amides is 1. The molecule has 0 spiro atoms. The molecule has 1 saturated heterocycles. The number of piperidine rings is 1. The second-order valence-electron chi connectivity index (χ2n) is 6.55. The summed E-state index contributed by atoms with van der Waals surface area (Å²) in [5.74, 6) is 0.766. The van der Waals surface area contributed by atoms with Crippen molar-refractivity contribution in [2.45, 2.75) is 45.4 Å². The number of rotatable bonds is 7. The maximum Gasteiger partial charge on any atom is 0.243 e. The first kappa shape index (κ1) is 20.7. The van der Waals surface area contributed by atoms with Crippen LogP contribution in [0.4, 0.5) is 0 Å². The summed E-state index contributed by atoms with van der Waals surface area (Å²) in [5, 5.41) is 0. The lowest BCUT2D eigenvalue weighted by atomic mass is 9.96. The fraction of sp³-hybridized carbons (Fsp3) is 0.632. The van der Waals surface area contributed by atoms with Crippen LogP contribution in [0.2, 0.25) is 0 Å². The number of carbonyl (C=O) groups is 1. The highest BCUT2D eigenvalue weighted by Crippen LogP contribution is 2.28. The SMILES string of the molecule is CCOc1ccc(S(=O)(=O)N2CCC(C(=O)N(CC)CC)CC2)cc1C. The van der Waals surface area contributed by atoms with Crippen molar-refractivity contribution in [2.75, 3.05) is 32.8 Å². The van der Waals surface area contributed by atoms with Crippen molar-refractivity contribution in [2.24, 2.45) is 5.92 Å². The van der Waals surface area contributed by atoms with E-state index in [0.717, 1.165) is 5.56 Å². The molecular formula is C19H30N2O4S. The average Bonchev–Trinajstić information content (AvgIpc) is 2.64. The highest BCUT2D eigenvalue weighted by Gasteiger charge is 2.33. The summed E-state index contributed by atoms with van der Waals surface area (Å²) in [6.45, 7) is 10.4. The molecule has 1 aliphatic heterocycles. The molecule has 146 valence electrons. The van der Waals surface area contributed by atoms with Crippen molar-refractivity contribution in [3.8, 4) is 5.75 Å². The summed E-state index contributed by atoms with van der Waals surface area (Å²) < 4.78 is 32.8. The molecule has 0 saturated carbocycles. The predicted molar refractivity (Wildman–Crippen MR) is 102 cm³/mol. The van der Waals surface area contributed by atoms with E-state index in [-0.39, 0.29) is 16.7 Å². The normalized spacial score (nSPS) is 16.5. The molecule has 1 aromatic carbocycles. The van der Waals surface area contributed by atoms with E-state index < -0.39 is 10.0 Å². The van der Waals surface area contributed by atoms with Crippen LogP contribution in [0.1, 0.15) is 39.2 Å². The fourth-order valence-electron chi connectivity index (χ4n) is 3.39. The second kappa shape index (κ2) is 8.86. The van der Waals surface area contributed by atoms with Gasteiger partial charge in [0.15, 0.2) is 0 Å². The minimum atomic E-state index is -3.54. The molecular weight excluding hydrogens is 352 g/mol. The highest BCUT2D eigenvalue weighted by atomic mass is 32.2. The van der Waals surface area contributed by atoms with Crippen LogP contribution >= 0.6 is 0 Å². The first-order valence-electron chi connectivity index (χ1n) is 9.37. The quantitative estimate of drug-likeness (QED) is 0.727. The van der Waals surface area contributed by atoms with Crippen LogP contribution in [0, 0.1) is 12.8 Å². The van der Waals surface area contributed by atoms with Gasteiger partial charge in [-0.1, -0.05) is 0 Å². The minimum absolute atomic E-state index is 0.0802. The molecule has 0 radical (unpaired) electrons. The predicted octanol–water partition coefficient (Wildman–Crippen LogP) is 2.66. The summed E-state index contributed by atoms with van der Waals surface area (Å²) in [7, 11) is -3.54. The van der Waals surface area contributed by atoms with Gasteiger partial charge in [0.05, 0.1) is 11.5 Å². The molecule has 1 heterocycles. The molecule has 0 bridgehead atoms. The summed E-state index contributed by atoms with van der Waals surface area (Å²) >= 11 is 0. The second-order valence-corrected chi connectivity index (χ2v) is 8.49. The Balaban J connectivity index is 2.08. The average molecular weight is 383 g/mol. The third-order valence-electron chi connectivity index (χ3n) is 4.96. The van der Waals surface area contributed by atoms with Gasteiger partial charge in [0, 0.05) is 32.1 Å². The van der Waals surface area contributed by atoms with Gasteiger partial charge in [-0.25, -0.2) is 8.42 Å². The number of nitrogens with zero attached hydrogens (tertiary/aromatic N) is 2. The molecule has 1 fully saturated rings. The van der Waals surface area contributed by atoms with Crippen molar-refractivity contribution in [1.29, 1.82) is 0 Å². The van der Waals surface area contributed by atoms with E-state index in [0.29, 0.717) is 51.4 Å². The Bertz CT molecular complexity index is 721. The van der Waals surface area contributed by atoms with Crippen LogP contribution in [0.15, 0.2) is 23.1 Å². The third kappa shape index (κ3) is 4.38. The maximum absolute atomic E-state index is 12.9. The van der Waals surface area contributed by atoms with E-state index in [1.807, 2.05) is 32.6 Å². The molecule has 1 amide bonds. The zero-order valence-corrected chi connectivity index (χ0v) is 17.0. The van der Waals surface area contributed by atoms with Gasteiger partial charge in [-0.2, -0.15) is 4.31 Å². The molecule has 0 unspecified atom stereocenters. The van der Waals surface area contributed by atoms with Crippen LogP contribution < -0.4 is 4.74 Å². The maximum atomic E-state index is 12.9. The topological polar surface area (TPSA) is 66.9 Å². The van der Waals surface area contributed by atoms with E-state index >= 15 is 0 Å². The van der Waals surface area contributed by atoms with Crippen LogP contribution in [-0.2, 0) is 14.8 Å². The van der Waals surface area contributed by atoms with Gasteiger partial charge < -0.3 is 9.64 Å². The van der Waals surface area contributed by atoms with Crippen molar-refractivity contribution in [3.63, 3.8) is 0 Å².